The van der Waals surface area contributed by atoms with Crippen molar-refractivity contribution in [3.8, 4) is 0 Å². The number of aryl methyl sites for hydroxylation is 2. The van der Waals surface area contributed by atoms with Crippen molar-refractivity contribution in [2.45, 2.75) is 19.9 Å². The molecule has 0 aromatic heterocycles. The zero-order valence-electron chi connectivity index (χ0n) is 14.2. The molecule has 1 aliphatic rings. The zero-order valence-corrected chi connectivity index (χ0v) is 15.8. The zero-order chi connectivity index (χ0) is 19.1. The maximum atomic E-state index is 14.3. The molecule has 7 heteroatoms. The van der Waals surface area contributed by atoms with Gasteiger partial charge >= 0.3 is 0 Å². The first-order valence-electron chi connectivity index (χ1n) is 7.95. The van der Waals surface area contributed by atoms with Gasteiger partial charge in [0.25, 0.3) is 5.91 Å². The Kier molecular flexibility index (Phi) is 4.90. The van der Waals surface area contributed by atoms with E-state index in [1.807, 2.05) is 19.9 Å². The second kappa shape index (κ2) is 6.85. The maximum absolute atomic E-state index is 14.3. The van der Waals surface area contributed by atoms with E-state index in [0.29, 0.717) is 5.69 Å². The first-order chi connectivity index (χ1) is 12.2. The summed E-state index contributed by atoms with van der Waals surface area (Å²) in [5.74, 6) is -1.68. The number of hydrogen-bond acceptors (Lipinski definition) is 3. The van der Waals surface area contributed by atoms with E-state index in [9.17, 15) is 17.6 Å². The number of benzene rings is 2. The van der Waals surface area contributed by atoms with E-state index in [0.717, 1.165) is 22.6 Å². The largest absolute Gasteiger partial charge is 0.300 e. The summed E-state index contributed by atoms with van der Waals surface area (Å²) >= 11 is 6.06. The molecular weight excluding hydrogens is 377 g/mol. The van der Waals surface area contributed by atoms with E-state index < -0.39 is 27.6 Å². The van der Waals surface area contributed by atoms with Crippen molar-refractivity contribution in [1.82, 2.24) is 0 Å². The predicted octanol–water partition coefficient (Wildman–Crippen LogP) is 4.05. The highest BCUT2D eigenvalue weighted by Crippen LogP contribution is 2.29. The molecule has 0 radical (unpaired) electrons. The summed E-state index contributed by atoms with van der Waals surface area (Å²) in [6.07, 6.45) is 1.44. The number of anilines is 1. The van der Waals surface area contributed by atoms with Crippen molar-refractivity contribution in [3.63, 3.8) is 0 Å². The van der Waals surface area contributed by atoms with Crippen LogP contribution in [0.2, 0.25) is 5.02 Å². The van der Waals surface area contributed by atoms with Gasteiger partial charge in [-0.2, -0.15) is 0 Å². The first kappa shape index (κ1) is 18.6. The summed E-state index contributed by atoms with van der Waals surface area (Å²) in [5, 5.41) is 1.07. The van der Waals surface area contributed by atoms with Gasteiger partial charge in [0.15, 0.2) is 9.84 Å². The van der Waals surface area contributed by atoms with Crippen LogP contribution in [0.15, 0.2) is 47.9 Å². The highest BCUT2D eigenvalue weighted by Gasteiger charge is 2.34. The topological polar surface area (TPSA) is 54.5 Å². The molecule has 0 N–H and O–H groups in total. The number of carbonyl (C=O) groups excluding carboxylic acids is 1. The molecule has 0 bridgehead atoms. The Bertz CT molecular complexity index is 977. The van der Waals surface area contributed by atoms with Crippen LogP contribution in [-0.2, 0) is 9.84 Å². The van der Waals surface area contributed by atoms with E-state index in [2.05, 4.69) is 0 Å². The van der Waals surface area contributed by atoms with E-state index in [1.54, 1.807) is 12.1 Å². The van der Waals surface area contributed by atoms with Crippen LogP contribution >= 0.6 is 11.6 Å². The monoisotopic (exact) mass is 393 g/mol. The Hall–Kier alpha value is -2.18. The first-order valence-corrected chi connectivity index (χ1v) is 10.0. The average molecular weight is 394 g/mol. The van der Waals surface area contributed by atoms with Gasteiger partial charge in [0.05, 0.1) is 22.4 Å². The van der Waals surface area contributed by atoms with Crippen LogP contribution in [0.5, 0.6) is 0 Å². The van der Waals surface area contributed by atoms with Crippen LogP contribution in [0.25, 0.3) is 0 Å². The lowest BCUT2D eigenvalue weighted by molar-refractivity contribution is 0.0979. The molecule has 3 rings (SSSR count). The average Bonchev–Trinajstić information content (AvgIpc) is 2.86. The minimum absolute atomic E-state index is 0.0193. The van der Waals surface area contributed by atoms with E-state index in [4.69, 9.17) is 11.6 Å². The minimum Gasteiger partial charge on any atom is -0.300 e. The molecular formula is C19H17ClFNO3S. The van der Waals surface area contributed by atoms with Crippen LogP contribution in [0, 0.1) is 19.7 Å². The second-order valence-corrected chi connectivity index (χ2v) is 8.68. The van der Waals surface area contributed by atoms with Crippen molar-refractivity contribution in [3.05, 3.63) is 75.4 Å². The maximum Gasteiger partial charge on any atom is 0.263 e. The lowest BCUT2D eigenvalue weighted by atomic mass is 10.1. The summed E-state index contributed by atoms with van der Waals surface area (Å²) < 4.78 is 38.1. The molecule has 1 unspecified atom stereocenters. The number of rotatable bonds is 3. The molecule has 0 aliphatic carbocycles. The summed E-state index contributed by atoms with van der Waals surface area (Å²) in [6, 6.07) is 8.72. The quantitative estimate of drug-likeness (QED) is 0.790. The fourth-order valence-electron chi connectivity index (χ4n) is 3.09. The third-order valence-electron chi connectivity index (χ3n) is 4.12. The Morgan fingerprint density at radius 3 is 2.38 bits per heavy atom. The van der Waals surface area contributed by atoms with Crippen molar-refractivity contribution >= 4 is 33.0 Å². The van der Waals surface area contributed by atoms with Crippen LogP contribution < -0.4 is 4.90 Å². The van der Waals surface area contributed by atoms with Gasteiger partial charge in [-0.05, 0) is 55.3 Å². The number of nitrogens with zero attached hydrogens (tertiary/aromatic N) is 1. The third-order valence-corrected chi connectivity index (χ3v) is 5.82. The molecule has 1 heterocycles. The smallest absolute Gasteiger partial charge is 0.263 e. The van der Waals surface area contributed by atoms with E-state index >= 15 is 0 Å². The van der Waals surface area contributed by atoms with Crippen LogP contribution in [0.1, 0.15) is 21.5 Å². The molecule has 0 spiro atoms. The lowest BCUT2D eigenvalue weighted by Crippen LogP contribution is -2.41. The summed E-state index contributed by atoms with van der Waals surface area (Å²) in [4.78, 5) is 14.5. The molecule has 1 amide bonds. The molecule has 1 atom stereocenters. The van der Waals surface area contributed by atoms with Gasteiger partial charge in [-0.25, -0.2) is 12.8 Å². The predicted molar refractivity (Wildman–Crippen MR) is 101 cm³/mol. The Balaban J connectivity index is 2.15. The number of halogens is 2. The van der Waals surface area contributed by atoms with Gasteiger partial charge in [-0.3, -0.25) is 4.79 Å². The van der Waals surface area contributed by atoms with E-state index in [-0.39, 0.29) is 16.3 Å². The summed E-state index contributed by atoms with van der Waals surface area (Å²) in [5.41, 5.74) is 2.04. The molecule has 0 fully saturated rings. The Morgan fingerprint density at radius 2 is 1.85 bits per heavy atom. The summed E-state index contributed by atoms with van der Waals surface area (Å²) in [6.45, 7) is 3.74. The van der Waals surface area contributed by atoms with Crippen molar-refractivity contribution in [1.29, 1.82) is 0 Å². The Morgan fingerprint density at radius 1 is 1.19 bits per heavy atom. The number of carbonyl (C=O) groups is 1. The SMILES string of the molecule is Cc1cc(C)cc(N(C(=O)c2c(F)cccc2Cl)C2C=CS(=O)(=O)C2)c1. The van der Waals surface area contributed by atoms with Crippen molar-refractivity contribution in [2.24, 2.45) is 0 Å². The second-order valence-electron chi connectivity index (χ2n) is 6.34. The van der Waals surface area contributed by atoms with Gasteiger partial charge < -0.3 is 4.90 Å². The molecule has 2 aromatic carbocycles. The lowest BCUT2D eigenvalue weighted by Gasteiger charge is -2.29. The van der Waals surface area contributed by atoms with Crippen LogP contribution in [0.4, 0.5) is 10.1 Å². The number of amides is 1. The molecule has 0 saturated carbocycles. The molecule has 0 saturated heterocycles. The number of sulfone groups is 1. The summed E-state index contributed by atoms with van der Waals surface area (Å²) in [7, 11) is -3.41. The molecule has 136 valence electrons. The number of hydrogen-bond donors (Lipinski definition) is 0. The fourth-order valence-corrected chi connectivity index (χ4v) is 4.60. The van der Waals surface area contributed by atoms with Gasteiger partial charge in [-0.1, -0.05) is 23.7 Å². The van der Waals surface area contributed by atoms with Gasteiger partial charge in [0.1, 0.15) is 5.82 Å². The normalized spacial score (nSPS) is 18.1. The van der Waals surface area contributed by atoms with E-state index in [1.165, 1.54) is 23.1 Å². The molecule has 26 heavy (non-hydrogen) atoms. The molecule has 1 aliphatic heterocycles. The van der Waals surface area contributed by atoms with Gasteiger partial charge in [0, 0.05) is 11.1 Å². The van der Waals surface area contributed by atoms with Crippen LogP contribution in [-0.4, -0.2) is 26.1 Å². The highest BCUT2D eigenvalue weighted by molar-refractivity contribution is 7.94. The Labute approximate surface area is 156 Å². The fraction of sp³-hybridized carbons (Fsp3) is 0.211. The van der Waals surface area contributed by atoms with Crippen LogP contribution in [0.3, 0.4) is 0 Å². The highest BCUT2D eigenvalue weighted by atomic mass is 35.5. The van der Waals surface area contributed by atoms with Gasteiger partial charge in [-0.15, -0.1) is 0 Å². The van der Waals surface area contributed by atoms with Crippen molar-refractivity contribution in [2.75, 3.05) is 10.7 Å². The standard InChI is InChI=1S/C19H17ClFNO3S/c1-12-8-13(2)10-15(9-12)22(14-6-7-26(24,25)11-14)19(23)18-16(20)4-3-5-17(18)21/h3-10,14H,11H2,1-2H3. The third kappa shape index (κ3) is 3.66. The molecule has 2 aromatic rings. The minimum atomic E-state index is -3.41. The van der Waals surface area contributed by atoms with Crippen molar-refractivity contribution < 1.29 is 17.6 Å². The van der Waals surface area contributed by atoms with Gasteiger partial charge in [0.2, 0.25) is 0 Å². The molecule has 4 nitrogen and oxygen atoms in total.